The number of hydrogen-bond acceptors (Lipinski definition) is 2. The summed E-state index contributed by atoms with van der Waals surface area (Å²) in [6.45, 7) is 0.251. The zero-order valence-electron chi connectivity index (χ0n) is 14.3. The molecule has 0 fully saturated rings. The van der Waals surface area contributed by atoms with Gasteiger partial charge in [0.1, 0.15) is 0 Å². The summed E-state index contributed by atoms with van der Waals surface area (Å²) in [5.41, 5.74) is 5.34. The Kier molecular flexibility index (Phi) is 5.29. The maximum absolute atomic E-state index is 13.2. The predicted octanol–water partition coefficient (Wildman–Crippen LogP) is 4.33. The fourth-order valence-corrected chi connectivity index (χ4v) is 3.13. The van der Waals surface area contributed by atoms with E-state index in [4.69, 9.17) is 17.3 Å². The SMILES string of the molecule is NC(=O)c1ccc(Cn2ccc(=O)cc2-c2cccc(C(F)(F)F)c2Cl)cc1. The second-order valence-electron chi connectivity index (χ2n) is 6.10. The molecule has 0 saturated carbocycles. The molecule has 0 unspecified atom stereocenters. The molecular formula is C20H14ClF3N2O2. The minimum atomic E-state index is -4.61. The molecule has 28 heavy (non-hydrogen) atoms. The van der Waals surface area contributed by atoms with Crippen LogP contribution in [0.25, 0.3) is 11.3 Å². The number of aromatic nitrogens is 1. The first-order valence-electron chi connectivity index (χ1n) is 8.12. The van der Waals surface area contributed by atoms with Crippen LogP contribution in [0.1, 0.15) is 21.5 Å². The molecule has 0 bridgehead atoms. The third-order valence-corrected chi connectivity index (χ3v) is 4.59. The summed E-state index contributed by atoms with van der Waals surface area (Å²) < 4.78 is 41.2. The van der Waals surface area contributed by atoms with Crippen molar-refractivity contribution in [2.45, 2.75) is 12.7 Å². The Morgan fingerprint density at radius 3 is 2.36 bits per heavy atom. The number of nitrogens with zero attached hydrogens (tertiary/aromatic N) is 1. The van der Waals surface area contributed by atoms with Crippen molar-refractivity contribution < 1.29 is 18.0 Å². The topological polar surface area (TPSA) is 65.1 Å². The standard InChI is InChI=1S/C20H14ClF3N2O2/c21-18-15(2-1-3-16(18)20(22,23)24)17-10-14(27)8-9-26(17)11-12-4-6-13(7-5-12)19(25)28/h1-10H,11H2,(H2,25,28). The van der Waals surface area contributed by atoms with E-state index in [2.05, 4.69) is 0 Å². The van der Waals surface area contributed by atoms with Crippen molar-refractivity contribution in [2.24, 2.45) is 5.73 Å². The molecule has 3 aromatic rings. The summed E-state index contributed by atoms with van der Waals surface area (Å²) in [5, 5.41) is -0.474. The number of benzene rings is 2. The number of amides is 1. The van der Waals surface area contributed by atoms with E-state index in [1.807, 2.05) is 0 Å². The summed E-state index contributed by atoms with van der Waals surface area (Å²) in [7, 11) is 0. The minimum Gasteiger partial charge on any atom is -0.366 e. The van der Waals surface area contributed by atoms with Gasteiger partial charge in [-0.3, -0.25) is 9.59 Å². The first kappa shape index (κ1) is 19.7. The average Bonchev–Trinajstić information content (AvgIpc) is 2.63. The number of hydrogen-bond donors (Lipinski definition) is 1. The molecule has 0 saturated heterocycles. The summed E-state index contributed by atoms with van der Waals surface area (Å²) in [5.74, 6) is -0.564. The van der Waals surface area contributed by atoms with E-state index < -0.39 is 22.7 Å². The van der Waals surface area contributed by atoms with Crippen LogP contribution in [-0.4, -0.2) is 10.5 Å². The van der Waals surface area contributed by atoms with Crippen molar-refractivity contribution in [3.8, 4) is 11.3 Å². The van der Waals surface area contributed by atoms with Crippen molar-refractivity contribution >= 4 is 17.5 Å². The monoisotopic (exact) mass is 406 g/mol. The van der Waals surface area contributed by atoms with Gasteiger partial charge in [-0.15, -0.1) is 0 Å². The molecule has 0 aliphatic rings. The van der Waals surface area contributed by atoms with Crippen LogP contribution < -0.4 is 11.2 Å². The van der Waals surface area contributed by atoms with Crippen molar-refractivity contribution in [1.82, 2.24) is 4.57 Å². The molecule has 2 N–H and O–H groups in total. The Bertz CT molecular complexity index is 1090. The molecule has 8 heteroatoms. The number of nitrogens with two attached hydrogens (primary N) is 1. The molecule has 0 radical (unpaired) electrons. The molecule has 0 atom stereocenters. The Balaban J connectivity index is 2.07. The summed E-state index contributed by atoms with van der Waals surface area (Å²) in [6, 6.07) is 12.6. The number of primary amides is 1. The van der Waals surface area contributed by atoms with Crippen LogP contribution >= 0.6 is 11.6 Å². The molecule has 3 rings (SSSR count). The lowest BCUT2D eigenvalue weighted by molar-refractivity contribution is -0.137. The first-order chi connectivity index (χ1) is 13.2. The lowest BCUT2D eigenvalue weighted by Gasteiger charge is -2.17. The molecule has 4 nitrogen and oxygen atoms in total. The Hall–Kier alpha value is -3.06. The zero-order chi connectivity index (χ0) is 20.5. The smallest absolute Gasteiger partial charge is 0.366 e. The zero-order valence-corrected chi connectivity index (χ0v) is 15.1. The molecule has 0 aliphatic heterocycles. The molecule has 144 valence electrons. The first-order valence-corrected chi connectivity index (χ1v) is 8.50. The lowest BCUT2D eigenvalue weighted by atomic mass is 10.1. The fraction of sp³-hybridized carbons (Fsp3) is 0.100. The van der Waals surface area contributed by atoms with E-state index in [0.29, 0.717) is 5.56 Å². The molecule has 0 aliphatic carbocycles. The van der Waals surface area contributed by atoms with Gasteiger partial charge in [0.25, 0.3) is 0 Å². The minimum absolute atomic E-state index is 0.1000. The van der Waals surface area contributed by atoms with Gasteiger partial charge in [0.15, 0.2) is 5.43 Å². The summed E-state index contributed by atoms with van der Waals surface area (Å²) in [6.07, 6.45) is -3.13. The predicted molar refractivity (Wildman–Crippen MR) is 100 cm³/mol. The molecular weight excluding hydrogens is 393 g/mol. The normalized spacial score (nSPS) is 11.4. The van der Waals surface area contributed by atoms with E-state index in [1.165, 1.54) is 30.5 Å². The van der Waals surface area contributed by atoms with E-state index in [9.17, 15) is 22.8 Å². The van der Waals surface area contributed by atoms with Crippen LogP contribution in [0.2, 0.25) is 5.02 Å². The molecule has 1 amide bonds. The highest BCUT2D eigenvalue weighted by molar-refractivity contribution is 6.34. The molecule has 0 spiro atoms. The van der Waals surface area contributed by atoms with Gasteiger partial charge in [0.2, 0.25) is 5.91 Å². The number of carbonyl (C=O) groups is 1. The van der Waals surface area contributed by atoms with Crippen LogP contribution in [0.15, 0.2) is 65.6 Å². The second-order valence-corrected chi connectivity index (χ2v) is 6.48. The van der Waals surface area contributed by atoms with Gasteiger partial charge in [0, 0.05) is 36.0 Å². The highest BCUT2D eigenvalue weighted by Gasteiger charge is 2.34. The van der Waals surface area contributed by atoms with Gasteiger partial charge < -0.3 is 10.3 Å². The molecule has 1 aromatic heterocycles. The van der Waals surface area contributed by atoms with Gasteiger partial charge >= 0.3 is 6.18 Å². The third kappa shape index (κ3) is 4.09. The van der Waals surface area contributed by atoms with E-state index in [-0.39, 0.29) is 23.2 Å². The fourth-order valence-electron chi connectivity index (χ4n) is 2.80. The van der Waals surface area contributed by atoms with Gasteiger partial charge in [-0.25, -0.2) is 0 Å². The lowest BCUT2D eigenvalue weighted by Crippen LogP contribution is -2.12. The van der Waals surface area contributed by atoms with Crippen molar-refractivity contribution in [3.63, 3.8) is 0 Å². The number of pyridine rings is 1. The van der Waals surface area contributed by atoms with Crippen LogP contribution in [0.3, 0.4) is 0 Å². The second kappa shape index (κ2) is 7.52. The van der Waals surface area contributed by atoms with Crippen molar-refractivity contribution in [1.29, 1.82) is 0 Å². The maximum Gasteiger partial charge on any atom is 0.417 e. The van der Waals surface area contributed by atoms with Gasteiger partial charge in [-0.05, 0) is 23.8 Å². The Morgan fingerprint density at radius 2 is 1.75 bits per heavy atom. The average molecular weight is 407 g/mol. The third-order valence-electron chi connectivity index (χ3n) is 4.18. The number of alkyl halides is 3. The van der Waals surface area contributed by atoms with E-state index >= 15 is 0 Å². The molecule has 1 heterocycles. The van der Waals surface area contributed by atoms with Crippen molar-refractivity contribution in [3.05, 3.63) is 92.7 Å². The largest absolute Gasteiger partial charge is 0.417 e. The summed E-state index contributed by atoms with van der Waals surface area (Å²) in [4.78, 5) is 23.0. The van der Waals surface area contributed by atoms with Crippen LogP contribution in [0, 0.1) is 0 Å². The van der Waals surface area contributed by atoms with Gasteiger partial charge in [-0.2, -0.15) is 13.2 Å². The van der Waals surface area contributed by atoms with E-state index in [1.54, 1.807) is 28.8 Å². The van der Waals surface area contributed by atoms with Gasteiger partial charge in [-0.1, -0.05) is 35.9 Å². The van der Waals surface area contributed by atoms with E-state index in [0.717, 1.165) is 11.6 Å². The number of carbonyl (C=O) groups excluding carboxylic acids is 1. The summed E-state index contributed by atoms with van der Waals surface area (Å²) >= 11 is 6.02. The maximum atomic E-state index is 13.2. The molecule has 2 aromatic carbocycles. The van der Waals surface area contributed by atoms with Gasteiger partial charge in [0.05, 0.1) is 16.3 Å². The Morgan fingerprint density at radius 1 is 1.07 bits per heavy atom. The number of rotatable bonds is 4. The quantitative estimate of drug-likeness (QED) is 0.700. The number of halogens is 4. The van der Waals surface area contributed by atoms with Crippen LogP contribution in [0.5, 0.6) is 0 Å². The van der Waals surface area contributed by atoms with Crippen LogP contribution in [0.4, 0.5) is 13.2 Å². The van der Waals surface area contributed by atoms with Crippen molar-refractivity contribution in [2.75, 3.05) is 0 Å². The Labute approximate surface area is 163 Å². The highest BCUT2D eigenvalue weighted by atomic mass is 35.5. The van der Waals surface area contributed by atoms with Crippen LogP contribution in [-0.2, 0) is 12.7 Å². The highest BCUT2D eigenvalue weighted by Crippen LogP contribution is 2.39.